The molecule has 0 aromatic heterocycles. The fourth-order valence-electron chi connectivity index (χ4n) is 2.57. The van der Waals surface area contributed by atoms with Crippen molar-refractivity contribution in [1.82, 2.24) is 0 Å². The molecule has 0 aliphatic heterocycles. The SMILES string of the molecule is C=C(N)C1=C(C(F)=C2CCCC2)CCC1. The third-order valence-corrected chi connectivity index (χ3v) is 3.39. The maximum Gasteiger partial charge on any atom is 0.125 e. The van der Waals surface area contributed by atoms with Crippen molar-refractivity contribution in [2.45, 2.75) is 44.9 Å². The lowest BCUT2D eigenvalue weighted by atomic mass is 10.0. The molecule has 0 saturated heterocycles. The third-order valence-electron chi connectivity index (χ3n) is 3.39. The fourth-order valence-corrected chi connectivity index (χ4v) is 2.57. The molecule has 2 heteroatoms. The van der Waals surface area contributed by atoms with E-state index in [1.807, 2.05) is 0 Å². The van der Waals surface area contributed by atoms with Crippen LogP contribution in [-0.2, 0) is 0 Å². The maximum absolute atomic E-state index is 14.1. The van der Waals surface area contributed by atoms with Crippen LogP contribution in [0.1, 0.15) is 44.9 Å². The van der Waals surface area contributed by atoms with E-state index < -0.39 is 0 Å². The van der Waals surface area contributed by atoms with Crippen LogP contribution >= 0.6 is 0 Å². The van der Waals surface area contributed by atoms with Crippen molar-refractivity contribution in [3.8, 4) is 0 Å². The van der Waals surface area contributed by atoms with E-state index in [1.165, 1.54) is 0 Å². The number of rotatable bonds is 2. The highest BCUT2D eigenvalue weighted by molar-refractivity contribution is 5.45. The highest BCUT2D eigenvalue weighted by Gasteiger charge is 2.22. The Balaban J connectivity index is 2.32. The third kappa shape index (κ3) is 1.99. The molecule has 2 N–H and O–H groups in total. The van der Waals surface area contributed by atoms with Crippen molar-refractivity contribution in [1.29, 1.82) is 0 Å². The van der Waals surface area contributed by atoms with Crippen molar-refractivity contribution in [2.24, 2.45) is 5.73 Å². The smallest absolute Gasteiger partial charge is 0.125 e. The Morgan fingerprint density at radius 2 is 1.60 bits per heavy atom. The van der Waals surface area contributed by atoms with Gasteiger partial charge in [-0.05, 0) is 61.7 Å². The minimum absolute atomic E-state index is 0.0339. The Kier molecular flexibility index (Phi) is 2.94. The summed E-state index contributed by atoms with van der Waals surface area (Å²) in [5.74, 6) is 0.0339. The summed E-state index contributed by atoms with van der Waals surface area (Å²) in [6.07, 6.45) is 6.87. The normalized spacial score (nSPS) is 21.3. The quantitative estimate of drug-likeness (QED) is 0.733. The van der Waals surface area contributed by atoms with Crippen LogP contribution in [0, 0.1) is 0 Å². The van der Waals surface area contributed by atoms with E-state index in [-0.39, 0.29) is 5.83 Å². The van der Waals surface area contributed by atoms with Gasteiger partial charge >= 0.3 is 0 Å². The maximum atomic E-state index is 14.1. The first kappa shape index (κ1) is 10.5. The lowest BCUT2D eigenvalue weighted by Gasteiger charge is -2.07. The topological polar surface area (TPSA) is 26.0 Å². The molecule has 0 aromatic rings. The van der Waals surface area contributed by atoms with Gasteiger partial charge in [-0.3, -0.25) is 0 Å². The van der Waals surface area contributed by atoms with Gasteiger partial charge in [-0.1, -0.05) is 6.58 Å². The van der Waals surface area contributed by atoms with Crippen molar-refractivity contribution < 1.29 is 4.39 Å². The second-order valence-corrected chi connectivity index (χ2v) is 4.46. The van der Waals surface area contributed by atoms with Crippen LogP contribution in [0.15, 0.2) is 34.8 Å². The average molecular weight is 207 g/mol. The summed E-state index contributed by atoms with van der Waals surface area (Å²) in [5, 5.41) is 0. The van der Waals surface area contributed by atoms with Crippen LogP contribution in [0.3, 0.4) is 0 Å². The zero-order valence-electron chi connectivity index (χ0n) is 9.11. The number of allylic oxidation sites excluding steroid dienone is 4. The zero-order valence-corrected chi connectivity index (χ0v) is 9.11. The molecule has 2 rings (SSSR count). The second-order valence-electron chi connectivity index (χ2n) is 4.46. The first-order valence-corrected chi connectivity index (χ1v) is 5.75. The molecule has 1 nitrogen and oxygen atoms in total. The Hall–Kier alpha value is -1.05. The Morgan fingerprint density at radius 1 is 1.00 bits per heavy atom. The second kappa shape index (κ2) is 4.21. The molecule has 2 aliphatic carbocycles. The van der Waals surface area contributed by atoms with Gasteiger partial charge < -0.3 is 5.73 Å². The standard InChI is InChI=1S/C13H18FN/c1-9(15)11-7-4-8-12(11)13(14)10-5-2-3-6-10/h1-8,15H2. The monoisotopic (exact) mass is 207 g/mol. The molecule has 2 aliphatic rings. The molecule has 82 valence electrons. The first-order valence-electron chi connectivity index (χ1n) is 5.75. The lowest BCUT2D eigenvalue weighted by Crippen LogP contribution is -2.00. The molecule has 0 heterocycles. The summed E-state index contributed by atoms with van der Waals surface area (Å²) in [6.45, 7) is 3.73. The van der Waals surface area contributed by atoms with Gasteiger partial charge in [0.15, 0.2) is 0 Å². The number of halogens is 1. The molecule has 0 unspecified atom stereocenters. The van der Waals surface area contributed by atoms with Gasteiger partial charge in [-0.25, -0.2) is 4.39 Å². The van der Waals surface area contributed by atoms with E-state index in [9.17, 15) is 4.39 Å². The van der Waals surface area contributed by atoms with Gasteiger partial charge in [0.1, 0.15) is 5.83 Å². The van der Waals surface area contributed by atoms with Crippen LogP contribution in [0.25, 0.3) is 0 Å². The zero-order chi connectivity index (χ0) is 10.8. The van der Waals surface area contributed by atoms with Gasteiger partial charge in [-0.2, -0.15) is 0 Å². The van der Waals surface area contributed by atoms with E-state index in [0.29, 0.717) is 5.70 Å². The molecule has 0 bridgehead atoms. The van der Waals surface area contributed by atoms with Crippen LogP contribution in [0.4, 0.5) is 4.39 Å². The van der Waals surface area contributed by atoms with Crippen LogP contribution < -0.4 is 5.73 Å². The van der Waals surface area contributed by atoms with Gasteiger partial charge in [0.25, 0.3) is 0 Å². The van der Waals surface area contributed by atoms with Crippen molar-refractivity contribution >= 4 is 0 Å². The summed E-state index contributed by atoms with van der Waals surface area (Å²) in [6, 6.07) is 0. The number of hydrogen-bond acceptors (Lipinski definition) is 1. The van der Waals surface area contributed by atoms with Crippen molar-refractivity contribution in [3.05, 3.63) is 34.8 Å². The van der Waals surface area contributed by atoms with Crippen molar-refractivity contribution in [3.63, 3.8) is 0 Å². The molecule has 0 amide bonds. The molecule has 0 spiro atoms. The van der Waals surface area contributed by atoms with E-state index in [0.717, 1.165) is 61.7 Å². The van der Waals surface area contributed by atoms with Gasteiger partial charge in [0.2, 0.25) is 0 Å². The van der Waals surface area contributed by atoms with Crippen LogP contribution in [0.5, 0.6) is 0 Å². The molecular formula is C13H18FN. The van der Waals surface area contributed by atoms with Crippen molar-refractivity contribution in [2.75, 3.05) is 0 Å². The molecular weight excluding hydrogens is 189 g/mol. The molecule has 0 radical (unpaired) electrons. The minimum Gasteiger partial charge on any atom is -0.399 e. The Labute approximate surface area is 90.5 Å². The van der Waals surface area contributed by atoms with Gasteiger partial charge in [0.05, 0.1) is 0 Å². The molecule has 15 heavy (non-hydrogen) atoms. The predicted molar refractivity (Wildman–Crippen MR) is 60.8 cm³/mol. The predicted octanol–water partition coefficient (Wildman–Crippen LogP) is 3.74. The van der Waals surface area contributed by atoms with E-state index in [1.54, 1.807) is 0 Å². The molecule has 0 aromatic carbocycles. The highest BCUT2D eigenvalue weighted by atomic mass is 19.1. The minimum atomic E-state index is 0.0339. The molecule has 1 fully saturated rings. The van der Waals surface area contributed by atoms with Crippen LogP contribution in [0.2, 0.25) is 0 Å². The largest absolute Gasteiger partial charge is 0.399 e. The summed E-state index contributed by atoms with van der Waals surface area (Å²) in [5.41, 5.74) is 9.05. The summed E-state index contributed by atoms with van der Waals surface area (Å²) in [4.78, 5) is 0. The summed E-state index contributed by atoms with van der Waals surface area (Å²) >= 11 is 0. The summed E-state index contributed by atoms with van der Waals surface area (Å²) in [7, 11) is 0. The van der Waals surface area contributed by atoms with Crippen LogP contribution in [-0.4, -0.2) is 0 Å². The van der Waals surface area contributed by atoms with E-state index in [4.69, 9.17) is 5.73 Å². The summed E-state index contributed by atoms with van der Waals surface area (Å²) < 4.78 is 14.1. The van der Waals surface area contributed by atoms with E-state index in [2.05, 4.69) is 6.58 Å². The first-order chi connectivity index (χ1) is 7.20. The van der Waals surface area contributed by atoms with Gasteiger partial charge in [0, 0.05) is 5.70 Å². The lowest BCUT2D eigenvalue weighted by molar-refractivity contribution is 0.622. The Bertz CT molecular complexity index is 342. The fraction of sp³-hybridized carbons (Fsp3) is 0.538. The molecule has 1 saturated carbocycles. The Morgan fingerprint density at radius 3 is 2.20 bits per heavy atom. The number of nitrogens with two attached hydrogens (primary N) is 1. The average Bonchev–Trinajstić information content (AvgIpc) is 2.88. The molecule has 0 atom stereocenters. The van der Waals surface area contributed by atoms with E-state index >= 15 is 0 Å². The number of hydrogen-bond donors (Lipinski definition) is 1. The van der Waals surface area contributed by atoms with Gasteiger partial charge in [-0.15, -0.1) is 0 Å². The highest BCUT2D eigenvalue weighted by Crippen LogP contribution is 2.39.